The number of hydrogen-bond donors (Lipinski definition) is 4. The van der Waals surface area contributed by atoms with Crippen LogP contribution in [0.3, 0.4) is 0 Å². The topological polar surface area (TPSA) is 141 Å². The van der Waals surface area contributed by atoms with Crippen LogP contribution in [0.1, 0.15) is 39.6 Å². The molecule has 3 rings (SSSR count). The van der Waals surface area contributed by atoms with E-state index in [9.17, 15) is 26.8 Å². The summed E-state index contributed by atoms with van der Waals surface area (Å²) in [5, 5.41) is 11.4. The normalized spacial score (nSPS) is 11.5. The van der Waals surface area contributed by atoms with Crippen LogP contribution in [0.25, 0.3) is 11.0 Å². The van der Waals surface area contributed by atoms with E-state index in [-0.39, 0.29) is 47.5 Å². The van der Waals surface area contributed by atoms with Gasteiger partial charge in [0.05, 0.1) is 29.2 Å². The van der Waals surface area contributed by atoms with Gasteiger partial charge in [-0.05, 0) is 24.6 Å². The van der Waals surface area contributed by atoms with Crippen LogP contribution in [-0.2, 0) is 10.0 Å². The van der Waals surface area contributed by atoms with Crippen LogP contribution in [0.4, 0.5) is 14.5 Å². The third-order valence-corrected chi connectivity index (χ3v) is 5.97. The Morgan fingerprint density at radius 1 is 1.25 bits per heavy atom. The first-order valence-corrected chi connectivity index (χ1v) is 11.2. The minimum Gasteiger partial charge on any atom is -0.395 e. The van der Waals surface area contributed by atoms with Gasteiger partial charge in [0.2, 0.25) is 15.8 Å². The molecule has 2 heterocycles. The second-order valence-electron chi connectivity index (χ2n) is 6.84. The van der Waals surface area contributed by atoms with Crippen LogP contribution >= 0.6 is 0 Å². The predicted molar refractivity (Wildman–Crippen MR) is 113 cm³/mol. The molecule has 3 aromatic rings. The molecule has 32 heavy (non-hydrogen) atoms. The number of carbonyl (C=O) groups excluding carboxylic acids is 2. The summed E-state index contributed by atoms with van der Waals surface area (Å²) in [6.45, 7) is 1.36. The number of pyridine rings is 1. The molecule has 4 N–H and O–H groups in total. The molecule has 0 saturated heterocycles. The minimum absolute atomic E-state index is 0.00689. The first-order chi connectivity index (χ1) is 15.2. The number of anilines is 1. The van der Waals surface area contributed by atoms with Gasteiger partial charge in [0.15, 0.2) is 5.82 Å². The highest BCUT2D eigenvalue weighted by Crippen LogP contribution is 2.27. The molecule has 170 valence electrons. The Balaban J connectivity index is 2.03. The summed E-state index contributed by atoms with van der Waals surface area (Å²) < 4.78 is 55.4. The van der Waals surface area contributed by atoms with Gasteiger partial charge in [-0.2, -0.15) is 0 Å². The van der Waals surface area contributed by atoms with Crippen molar-refractivity contribution in [2.24, 2.45) is 0 Å². The first-order valence-electron chi connectivity index (χ1n) is 9.58. The maximum atomic E-state index is 15.0. The number of carbonyl (C=O) groups is 2. The molecular weight excluding hydrogens is 446 g/mol. The molecule has 0 bridgehead atoms. The molecule has 12 heteroatoms. The Bertz CT molecular complexity index is 1290. The van der Waals surface area contributed by atoms with Crippen molar-refractivity contribution in [2.75, 3.05) is 23.6 Å². The van der Waals surface area contributed by atoms with Crippen LogP contribution in [0.15, 0.2) is 30.6 Å². The van der Waals surface area contributed by atoms with E-state index in [1.807, 2.05) is 4.72 Å². The number of fused-ring (bicyclic) bond motifs is 1. The Kier molecular flexibility index (Phi) is 6.84. The average Bonchev–Trinajstić information content (AvgIpc) is 3.17. The highest BCUT2D eigenvalue weighted by molar-refractivity contribution is 7.92. The molecule has 0 unspecified atom stereocenters. The van der Waals surface area contributed by atoms with Gasteiger partial charge in [0.1, 0.15) is 11.5 Å². The largest absolute Gasteiger partial charge is 0.395 e. The van der Waals surface area contributed by atoms with Crippen LogP contribution < -0.4 is 10.0 Å². The third kappa shape index (κ3) is 4.75. The maximum absolute atomic E-state index is 15.0. The Labute approximate surface area is 181 Å². The first kappa shape index (κ1) is 23.3. The van der Waals surface area contributed by atoms with Gasteiger partial charge in [-0.1, -0.05) is 6.92 Å². The number of halogens is 2. The Morgan fingerprint density at radius 2 is 2.00 bits per heavy atom. The Morgan fingerprint density at radius 3 is 2.69 bits per heavy atom. The number of nitrogens with zero attached hydrogens (tertiary/aromatic N) is 1. The number of nitrogens with one attached hydrogen (secondary N) is 3. The zero-order valence-corrected chi connectivity index (χ0v) is 17.7. The molecule has 9 nitrogen and oxygen atoms in total. The van der Waals surface area contributed by atoms with Crippen molar-refractivity contribution < 1.29 is 31.9 Å². The minimum atomic E-state index is -3.88. The number of amides is 1. The summed E-state index contributed by atoms with van der Waals surface area (Å²) in [4.78, 5) is 31.9. The molecule has 0 aliphatic rings. The van der Waals surface area contributed by atoms with Gasteiger partial charge < -0.3 is 15.4 Å². The summed E-state index contributed by atoms with van der Waals surface area (Å²) in [7, 11) is -3.88. The molecule has 0 aliphatic carbocycles. The SMILES string of the molecule is CCCS(=O)(=O)Nc1ccc(F)c(C(=O)c2c[nH]c3ncc(C(=O)NCCO)cc23)c1F. The van der Waals surface area contributed by atoms with E-state index in [1.165, 1.54) is 18.5 Å². The quantitative estimate of drug-likeness (QED) is 0.355. The third-order valence-electron chi connectivity index (χ3n) is 4.49. The number of ketones is 1. The molecule has 0 fully saturated rings. The van der Waals surface area contributed by atoms with Crippen LogP contribution in [0.2, 0.25) is 0 Å². The lowest BCUT2D eigenvalue weighted by atomic mass is 10.0. The number of aliphatic hydroxyl groups is 1. The van der Waals surface area contributed by atoms with Gasteiger partial charge in [-0.3, -0.25) is 14.3 Å². The van der Waals surface area contributed by atoms with Gasteiger partial charge in [-0.25, -0.2) is 22.2 Å². The summed E-state index contributed by atoms with van der Waals surface area (Å²) in [6, 6.07) is 3.01. The van der Waals surface area contributed by atoms with Crippen molar-refractivity contribution in [3.63, 3.8) is 0 Å². The molecular formula is C20H20F2N4O5S. The van der Waals surface area contributed by atoms with Crippen molar-refractivity contribution in [3.05, 3.63) is 58.9 Å². The fourth-order valence-corrected chi connectivity index (χ4v) is 4.18. The molecule has 1 amide bonds. The smallest absolute Gasteiger partial charge is 0.252 e. The second kappa shape index (κ2) is 9.40. The van der Waals surface area contributed by atoms with E-state index in [4.69, 9.17) is 5.11 Å². The fourth-order valence-electron chi connectivity index (χ4n) is 3.05. The maximum Gasteiger partial charge on any atom is 0.252 e. The van der Waals surface area contributed by atoms with Crippen molar-refractivity contribution in [3.8, 4) is 0 Å². The van der Waals surface area contributed by atoms with E-state index in [2.05, 4.69) is 15.3 Å². The van der Waals surface area contributed by atoms with E-state index in [0.29, 0.717) is 0 Å². The number of aromatic amines is 1. The Hall–Kier alpha value is -3.38. The molecule has 0 aliphatic heterocycles. The van der Waals surface area contributed by atoms with Crippen LogP contribution in [0, 0.1) is 11.6 Å². The molecule has 2 aromatic heterocycles. The van der Waals surface area contributed by atoms with Crippen molar-refractivity contribution in [1.29, 1.82) is 0 Å². The fraction of sp³-hybridized carbons (Fsp3) is 0.250. The van der Waals surface area contributed by atoms with Crippen LogP contribution in [0.5, 0.6) is 0 Å². The lowest BCUT2D eigenvalue weighted by Crippen LogP contribution is -2.26. The van der Waals surface area contributed by atoms with E-state index in [1.54, 1.807) is 6.92 Å². The molecule has 1 aromatic carbocycles. The number of aliphatic hydroxyl groups excluding tert-OH is 1. The highest BCUT2D eigenvalue weighted by atomic mass is 32.2. The summed E-state index contributed by atoms with van der Waals surface area (Å²) >= 11 is 0. The van der Waals surface area contributed by atoms with E-state index < -0.39 is 44.6 Å². The monoisotopic (exact) mass is 466 g/mol. The summed E-state index contributed by atoms with van der Waals surface area (Å²) in [5.41, 5.74) is -1.38. The van der Waals surface area contributed by atoms with Gasteiger partial charge in [0, 0.05) is 29.9 Å². The second-order valence-corrected chi connectivity index (χ2v) is 8.68. The molecule has 0 atom stereocenters. The lowest BCUT2D eigenvalue weighted by molar-refractivity contribution is 0.0943. The standard InChI is InChI=1S/C20H20F2N4O5S/c1-2-7-32(30,31)26-15-4-3-14(21)16(17(15)22)18(28)13-10-25-19-12(13)8-11(9-24-19)20(29)23-5-6-27/h3-4,8-10,26-27H,2,5-7H2,1H3,(H,23,29)(H,24,25). The number of aromatic nitrogens is 2. The number of benzene rings is 1. The van der Waals surface area contributed by atoms with Gasteiger partial charge in [0.25, 0.3) is 5.91 Å². The number of H-pyrrole nitrogens is 1. The van der Waals surface area contributed by atoms with Crippen molar-refractivity contribution >= 4 is 38.4 Å². The van der Waals surface area contributed by atoms with E-state index in [0.717, 1.165) is 12.1 Å². The van der Waals surface area contributed by atoms with Gasteiger partial charge in [-0.15, -0.1) is 0 Å². The molecule has 0 saturated carbocycles. The van der Waals surface area contributed by atoms with Crippen LogP contribution in [-0.4, -0.2) is 54.1 Å². The predicted octanol–water partition coefficient (Wildman–Crippen LogP) is 1.95. The number of sulfonamides is 1. The average molecular weight is 466 g/mol. The summed E-state index contributed by atoms with van der Waals surface area (Å²) in [6.07, 6.45) is 2.72. The van der Waals surface area contributed by atoms with Gasteiger partial charge >= 0.3 is 0 Å². The lowest BCUT2D eigenvalue weighted by Gasteiger charge is -2.11. The zero-order chi connectivity index (χ0) is 23.5. The number of rotatable bonds is 9. The molecule has 0 radical (unpaired) electrons. The van der Waals surface area contributed by atoms with Crippen molar-refractivity contribution in [2.45, 2.75) is 13.3 Å². The number of hydrogen-bond acceptors (Lipinski definition) is 6. The molecule has 0 spiro atoms. The van der Waals surface area contributed by atoms with Crippen molar-refractivity contribution in [1.82, 2.24) is 15.3 Å². The zero-order valence-electron chi connectivity index (χ0n) is 16.9. The summed E-state index contributed by atoms with van der Waals surface area (Å²) in [5.74, 6) is -4.42. The van der Waals surface area contributed by atoms with E-state index >= 15 is 0 Å². The highest BCUT2D eigenvalue weighted by Gasteiger charge is 2.26.